The maximum Gasteiger partial charge on any atom is 0.269 e. The number of amides is 3. The van der Waals surface area contributed by atoms with Crippen molar-refractivity contribution in [2.75, 3.05) is 47.9 Å². The van der Waals surface area contributed by atoms with Crippen LogP contribution < -0.4 is 5.32 Å². The number of hydrogen-bond acceptors (Lipinski definition) is 9. The molecule has 2 rings (SSSR count). The van der Waals surface area contributed by atoms with E-state index in [9.17, 15) is 29.8 Å². The molecule has 1 N–H and O–H groups in total. The topological polar surface area (TPSA) is 158 Å². The van der Waals surface area contributed by atoms with Crippen molar-refractivity contribution >= 4 is 23.4 Å². The summed E-state index contributed by atoms with van der Waals surface area (Å²) < 4.78 is 11.8. The van der Waals surface area contributed by atoms with Gasteiger partial charge in [-0.15, -0.1) is 0 Å². The van der Waals surface area contributed by atoms with Gasteiger partial charge >= 0.3 is 0 Å². The molecule has 1 aliphatic heterocycles. The van der Waals surface area contributed by atoms with Crippen LogP contribution in [0.4, 0.5) is 5.69 Å². The van der Waals surface area contributed by atoms with Crippen LogP contribution in [0.1, 0.15) is 71.8 Å². The van der Waals surface area contributed by atoms with E-state index in [0.717, 1.165) is 19.4 Å². The molecule has 0 spiro atoms. The minimum atomic E-state index is -0.657. The van der Waals surface area contributed by atoms with Crippen LogP contribution in [-0.2, 0) is 30.3 Å². The molecule has 268 valence electrons. The third kappa shape index (κ3) is 11.2. The predicted octanol–water partition coefficient (Wildman–Crippen LogP) is 3.80. The number of non-ortho nitro benzene ring substituents is 1. The molecule has 1 aromatic carbocycles. The molecule has 48 heavy (non-hydrogen) atoms. The van der Waals surface area contributed by atoms with Crippen molar-refractivity contribution in [2.24, 2.45) is 11.8 Å². The van der Waals surface area contributed by atoms with E-state index < -0.39 is 29.1 Å². The largest absolute Gasteiger partial charge is 0.379 e. The lowest BCUT2D eigenvalue weighted by molar-refractivity contribution is -0.384. The van der Waals surface area contributed by atoms with Gasteiger partial charge in [0.2, 0.25) is 17.7 Å². The van der Waals surface area contributed by atoms with Gasteiger partial charge in [0.1, 0.15) is 0 Å². The molecule has 3 amide bonds. The molecule has 1 aromatic rings. The van der Waals surface area contributed by atoms with E-state index in [1.807, 2.05) is 14.0 Å². The molecule has 0 saturated carbocycles. The van der Waals surface area contributed by atoms with Gasteiger partial charge in [-0.05, 0) is 44.3 Å². The third-order valence-electron chi connectivity index (χ3n) is 9.84. The number of benzene rings is 1. The summed E-state index contributed by atoms with van der Waals surface area (Å²) in [7, 11) is 6.87. The first-order chi connectivity index (χ1) is 22.8. The van der Waals surface area contributed by atoms with Crippen LogP contribution in [0.2, 0.25) is 0 Å². The Hall–Kier alpha value is -3.60. The summed E-state index contributed by atoms with van der Waals surface area (Å²) in [6.07, 6.45) is 1.83. The summed E-state index contributed by atoms with van der Waals surface area (Å²) in [5, 5.41) is 23.6. The number of nitriles is 1. The molecule has 0 aromatic heterocycles. The van der Waals surface area contributed by atoms with Gasteiger partial charge < -0.3 is 29.5 Å². The van der Waals surface area contributed by atoms with E-state index in [1.165, 1.54) is 19.2 Å². The summed E-state index contributed by atoms with van der Waals surface area (Å²) in [4.78, 5) is 57.0. The van der Waals surface area contributed by atoms with Crippen molar-refractivity contribution in [3.63, 3.8) is 0 Å². The molecule has 7 unspecified atom stereocenters. The lowest BCUT2D eigenvalue weighted by Crippen LogP contribution is -2.53. The summed E-state index contributed by atoms with van der Waals surface area (Å²) >= 11 is 0. The van der Waals surface area contributed by atoms with Crippen LogP contribution in [0.5, 0.6) is 0 Å². The number of methoxy groups -OCH3 is 2. The molecule has 1 heterocycles. The van der Waals surface area contributed by atoms with Gasteiger partial charge in [-0.25, -0.2) is 0 Å². The lowest BCUT2D eigenvalue weighted by atomic mass is 9.90. The first-order valence-corrected chi connectivity index (χ1v) is 17.0. The molecular formula is C35H56N6O7. The fourth-order valence-electron chi connectivity index (χ4n) is 6.65. The highest BCUT2D eigenvalue weighted by atomic mass is 16.6. The number of carbonyl (C=O) groups is 3. The number of rotatable bonds is 20. The first-order valence-electron chi connectivity index (χ1n) is 17.0. The third-order valence-corrected chi connectivity index (χ3v) is 9.84. The van der Waals surface area contributed by atoms with Crippen molar-refractivity contribution in [1.82, 2.24) is 20.0 Å². The molecule has 13 heteroatoms. The lowest BCUT2D eigenvalue weighted by Gasteiger charge is -2.39. The van der Waals surface area contributed by atoms with Gasteiger partial charge in [-0.1, -0.05) is 46.2 Å². The molecule has 0 aliphatic carbocycles. The Morgan fingerprint density at radius 2 is 1.90 bits per heavy atom. The molecule has 0 radical (unpaired) electrons. The predicted molar refractivity (Wildman–Crippen MR) is 183 cm³/mol. The molecular weight excluding hydrogens is 616 g/mol. The minimum absolute atomic E-state index is 0.00798. The SMILES string of the molecule is CCC(C)C(C(CC(=O)N1CCCC1C(OC)C(C)C(=O)NC(CC#N)Cc1cccc([N+](=O)[O-])c1)OC)N(C)C(=O)CCN(C)CC. The van der Waals surface area contributed by atoms with Crippen LogP contribution in [0.25, 0.3) is 0 Å². The highest BCUT2D eigenvalue weighted by Crippen LogP contribution is 2.29. The van der Waals surface area contributed by atoms with E-state index in [4.69, 9.17) is 9.47 Å². The molecule has 7 atom stereocenters. The van der Waals surface area contributed by atoms with Gasteiger partial charge in [-0.3, -0.25) is 24.5 Å². The van der Waals surface area contributed by atoms with Crippen molar-refractivity contribution in [3.8, 4) is 6.07 Å². The number of hydrogen-bond donors (Lipinski definition) is 1. The Morgan fingerprint density at radius 3 is 2.48 bits per heavy atom. The number of ether oxygens (including phenoxy) is 2. The second kappa shape index (κ2) is 20.0. The van der Waals surface area contributed by atoms with Crippen LogP contribution >= 0.6 is 0 Å². The van der Waals surface area contributed by atoms with Crippen molar-refractivity contribution in [1.29, 1.82) is 5.26 Å². The Morgan fingerprint density at radius 1 is 1.19 bits per heavy atom. The summed E-state index contributed by atoms with van der Waals surface area (Å²) in [6, 6.07) is 7.03. The monoisotopic (exact) mass is 672 g/mol. The number of nitrogens with one attached hydrogen (secondary N) is 1. The Balaban J connectivity index is 2.18. The van der Waals surface area contributed by atoms with Gasteiger partial charge in [0.15, 0.2) is 0 Å². The number of likely N-dealkylation sites (N-methyl/N-ethyl adjacent to an activating group) is 1. The second-order valence-electron chi connectivity index (χ2n) is 13.0. The van der Waals surface area contributed by atoms with Gasteiger partial charge in [-0.2, -0.15) is 5.26 Å². The number of likely N-dealkylation sites (tertiary alicyclic amines) is 1. The Bertz CT molecular complexity index is 1260. The zero-order chi connectivity index (χ0) is 36.0. The van der Waals surface area contributed by atoms with Crippen LogP contribution in [-0.4, -0.2) is 116 Å². The maximum absolute atomic E-state index is 13.9. The van der Waals surface area contributed by atoms with Crippen molar-refractivity contribution < 1.29 is 28.8 Å². The summed E-state index contributed by atoms with van der Waals surface area (Å²) in [5.74, 6) is -1.00. The number of nitrogens with zero attached hydrogens (tertiary/aromatic N) is 5. The van der Waals surface area contributed by atoms with Gasteiger partial charge in [0, 0.05) is 59.0 Å². The molecule has 1 fully saturated rings. The zero-order valence-electron chi connectivity index (χ0n) is 30.0. The molecule has 0 bridgehead atoms. The maximum atomic E-state index is 13.9. The van der Waals surface area contributed by atoms with Gasteiger partial charge in [0.25, 0.3) is 5.69 Å². The Kier molecular flexibility index (Phi) is 16.9. The van der Waals surface area contributed by atoms with E-state index >= 15 is 0 Å². The van der Waals surface area contributed by atoms with E-state index in [2.05, 4.69) is 30.1 Å². The highest BCUT2D eigenvalue weighted by Gasteiger charge is 2.42. The van der Waals surface area contributed by atoms with E-state index in [-0.39, 0.29) is 60.7 Å². The average molecular weight is 673 g/mol. The number of nitro groups is 1. The normalized spacial score (nSPS) is 18.3. The van der Waals surface area contributed by atoms with Crippen LogP contribution in [0.3, 0.4) is 0 Å². The zero-order valence-corrected chi connectivity index (χ0v) is 30.0. The fourth-order valence-corrected chi connectivity index (χ4v) is 6.65. The van der Waals surface area contributed by atoms with E-state index in [0.29, 0.717) is 31.5 Å². The Labute approximate surface area is 286 Å². The van der Waals surface area contributed by atoms with Crippen LogP contribution in [0.15, 0.2) is 24.3 Å². The molecule has 1 aliphatic rings. The number of carbonyl (C=O) groups excluding carboxylic acids is 3. The quantitative estimate of drug-likeness (QED) is 0.161. The number of nitro benzene ring substituents is 1. The summed E-state index contributed by atoms with van der Waals surface area (Å²) in [6.45, 7) is 9.94. The van der Waals surface area contributed by atoms with Crippen molar-refractivity contribution in [3.05, 3.63) is 39.9 Å². The molecule has 1 saturated heterocycles. The van der Waals surface area contributed by atoms with Crippen molar-refractivity contribution in [2.45, 2.75) is 103 Å². The highest BCUT2D eigenvalue weighted by molar-refractivity contribution is 5.81. The summed E-state index contributed by atoms with van der Waals surface area (Å²) in [5.41, 5.74) is 0.579. The molecule has 13 nitrogen and oxygen atoms in total. The van der Waals surface area contributed by atoms with Crippen LogP contribution in [0, 0.1) is 33.3 Å². The smallest absolute Gasteiger partial charge is 0.269 e. The second-order valence-corrected chi connectivity index (χ2v) is 13.0. The van der Waals surface area contributed by atoms with E-state index in [1.54, 1.807) is 43.0 Å². The first kappa shape index (κ1) is 40.6. The van der Waals surface area contributed by atoms with Gasteiger partial charge in [0.05, 0.1) is 54.0 Å². The standard InChI is InChI=1S/C35H56N6O7/c1-9-24(3)33(39(6)31(42)17-20-38(5)10-2)30(47-7)23-32(43)40-19-12-15-29(40)34(48-8)25(4)35(44)37-27(16-18-36)21-26-13-11-14-28(22-26)41(45)46/h11,13-14,22,24-25,27,29-30,33-34H,9-10,12,15-17,19-21,23H2,1-8H3,(H,37,44). The fraction of sp³-hybridized carbons (Fsp3) is 0.714. The average Bonchev–Trinajstić information content (AvgIpc) is 3.56. The minimum Gasteiger partial charge on any atom is -0.379 e.